The Labute approximate surface area is 179 Å². The zero-order valence-corrected chi connectivity index (χ0v) is 18.1. The zero-order chi connectivity index (χ0) is 21.5. The van der Waals surface area contributed by atoms with Gasteiger partial charge >= 0.3 is 0 Å². The molecule has 2 aromatic heterocycles. The molecule has 1 saturated heterocycles. The molecule has 1 N–H and O–H groups in total. The number of amides is 2. The Morgan fingerprint density at radius 1 is 1.40 bits per heavy atom. The molecule has 1 aliphatic rings. The van der Waals surface area contributed by atoms with Gasteiger partial charge in [-0.05, 0) is 38.8 Å². The number of halogens is 1. The predicted molar refractivity (Wildman–Crippen MR) is 113 cm³/mol. The van der Waals surface area contributed by atoms with E-state index < -0.39 is 6.67 Å². The van der Waals surface area contributed by atoms with Gasteiger partial charge in [-0.15, -0.1) is 11.3 Å². The molecule has 7 nitrogen and oxygen atoms in total. The summed E-state index contributed by atoms with van der Waals surface area (Å²) in [6.45, 7) is 3.88. The van der Waals surface area contributed by atoms with E-state index >= 15 is 0 Å². The van der Waals surface area contributed by atoms with Crippen molar-refractivity contribution in [2.75, 3.05) is 26.4 Å². The van der Waals surface area contributed by atoms with E-state index in [1.165, 1.54) is 11.3 Å². The van der Waals surface area contributed by atoms with Crippen molar-refractivity contribution in [3.8, 4) is 11.3 Å². The van der Waals surface area contributed by atoms with Crippen molar-refractivity contribution in [2.45, 2.75) is 39.3 Å². The topological polar surface area (TPSA) is 84.4 Å². The molecule has 0 unspecified atom stereocenters. The van der Waals surface area contributed by atoms with Crippen molar-refractivity contribution in [3.05, 3.63) is 34.4 Å². The lowest BCUT2D eigenvalue weighted by molar-refractivity contribution is -0.143. The smallest absolute Gasteiger partial charge is 0.248 e. The summed E-state index contributed by atoms with van der Waals surface area (Å²) in [5, 5.41) is 5.73. The molecule has 162 valence electrons. The van der Waals surface area contributed by atoms with Crippen LogP contribution in [0.3, 0.4) is 0 Å². The average Bonchev–Trinajstić information content (AvgIpc) is 3.22. The van der Waals surface area contributed by atoms with Crippen molar-refractivity contribution in [2.24, 2.45) is 5.92 Å². The van der Waals surface area contributed by atoms with Gasteiger partial charge in [0.1, 0.15) is 18.3 Å². The quantitative estimate of drug-likeness (QED) is 0.646. The molecule has 3 heterocycles. The molecule has 2 atom stereocenters. The fraction of sp³-hybridized carbons (Fsp3) is 0.524. The number of aromatic nitrogens is 2. The third kappa shape index (κ3) is 5.60. The summed E-state index contributed by atoms with van der Waals surface area (Å²) in [5.41, 5.74) is 2.73. The molecule has 0 saturated carbocycles. The maximum atomic E-state index is 12.8. The molecule has 30 heavy (non-hydrogen) atoms. The lowest BCUT2D eigenvalue weighted by Gasteiger charge is -2.38. The number of carbonyl (C=O) groups is 2. The van der Waals surface area contributed by atoms with Gasteiger partial charge in [0.2, 0.25) is 11.8 Å². The summed E-state index contributed by atoms with van der Waals surface area (Å²) in [6, 6.07) is 3.69. The molecule has 1 fully saturated rings. The maximum absolute atomic E-state index is 12.8. The maximum Gasteiger partial charge on any atom is 0.248 e. The van der Waals surface area contributed by atoms with E-state index in [2.05, 4.69) is 15.3 Å². The molecule has 1 aliphatic heterocycles. The minimum atomic E-state index is -0.618. The van der Waals surface area contributed by atoms with Gasteiger partial charge in [0.05, 0.1) is 24.8 Å². The van der Waals surface area contributed by atoms with Gasteiger partial charge in [-0.3, -0.25) is 14.6 Å². The Morgan fingerprint density at radius 2 is 2.23 bits per heavy atom. The highest BCUT2D eigenvalue weighted by Crippen LogP contribution is 2.25. The SMILES string of the molecule is Cc1ccc(-c2csc(CNC(=O)[C@@H]3CCCN(C(=O)COCCF)[C@@H]3C)n2)cn1. The van der Waals surface area contributed by atoms with Gasteiger partial charge in [0, 0.05) is 35.4 Å². The van der Waals surface area contributed by atoms with Crippen LogP contribution in [-0.2, 0) is 20.9 Å². The molecule has 3 rings (SSSR count). The van der Waals surface area contributed by atoms with Crippen molar-refractivity contribution < 1.29 is 18.7 Å². The zero-order valence-electron chi connectivity index (χ0n) is 17.3. The second kappa shape index (κ2) is 10.6. The van der Waals surface area contributed by atoms with Crippen molar-refractivity contribution >= 4 is 23.2 Å². The number of hydrogen-bond acceptors (Lipinski definition) is 6. The highest BCUT2D eigenvalue weighted by molar-refractivity contribution is 7.09. The van der Waals surface area contributed by atoms with Gasteiger partial charge in [-0.25, -0.2) is 9.37 Å². The molecular weight excluding hydrogens is 407 g/mol. The number of alkyl halides is 1. The highest BCUT2D eigenvalue weighted by Gasteiger charge is 2.35. The standard InChI is InChI=1S/C21H27FN4O3S/c1-14-5-6-16(10-23-14)18-13-30-19(25-18)11-24-21(28)17-4-3-8-26(15(17)2)20(27)12-29-9-7-22/h5-6,10,13,15,17H,3-4,7-9,11-12H2,1-2H3,(H,24,28)/t15-,17-/m1/s1. The van der Waals surface area contributed by atoms with Crippen LogP contribution in [0.4, 0.5) is 4.39 Å². The monoisotopic (exact) mass is 434 g/mol. The van der Waals surface area contributed by atoms with Crippen molar-refractivity contribution in [3.63, 3.8) is 0 Å². The summed E-state index contributed by atoms with van der Waals surface area (Å²) in [4.78, 5) is 35.6. The second-order valence-corrected chi connectivity index (χ2v) is 8.29. The first-order chi connectivity index (χ1) is 14.5. The fourth-order valence-corrected chi connectivity index (χ4v) is 4.32. The van der Waals surface area contributed by atoms with E-state index in [1.807, 2.05) is 31.4 Å². The molecule has 2 aromatic rings. The largest absolute Gasteiger partial charge is 0.369 e. The van der Waals surface area contributed by atoms with Crippen LogP contribution in [0.5, 0.6) is 0 Å². The summed E-state index contributed by atoms with van der Waals surface area (Å²) in [6.07, 6.45) is 3.26. The van der Waals surface area contributed by atoms with Crippen LogP contribution in [-0.4, -0.2) is 59.2 Å². The first kappa shape index (κ1) is 22.3. The Hall–Kier alpha value is -2.39. The minimum absolute atomic E-state index is 0.0848. The number of rotatable bonds is 8. The fourth-order valence-electron chi connectivity index (χ4n) is 3.58. The molecule has 2 amide bonds. The first-order valence-corrected chi connectivity index (χ1v) is 11.0. The Balaban J connectivity index is 1.54. The first-order valence-electron chi connectivity index (χ1n) is 10.1. The number of ether oxygens (including phenoxy) is 1. The van der Waals surface area contributed by atoms with Gasteiger partial charge in [-0.1, -0.05) is 0 Å². The summed E-state index contributed by atoms with van der Waals surface area (Å²) in [5.74, 6) is -0.576. The predicted octanol–water partition coefficient (Wildman–Crippen LogP) is 2.74. The Kier molecular flexibility index (Phi) is 7.87. The van der Waals surface area contributed by atoms with Gasteiger partial charge in [0.15, 0.2) is 0 Å². The van der Waals surface area contributed by atoms with E-state index in [0.717, 1.165) is 34.8 Å². The van der Waals surface area contributed by atoms with Crippen molar-refractivity contribution in [1.82, 2.24) is 20.2 Å². The summed E-state index contributed by atoms with van der Waals surface area (Å²) < 4.78 is 17.2. The normalized spacial score (nSPS) is 19.0. The van der Waals surface area contributed by atoms with Gasteiger partial charge in [0.25, 0.3) is 0 Å². The van der Waals surface area contributed by atoms with Crippen LogP contribution < -0.4 is 5.32 Å². The number of thiazole rings is 1. The van der Waals surface area contributed by atoms with E-state index in [0.29, 0.717) is 13.1 Å². The molecular formula is C21H27FN4O3S. The van der Waals surface area contributed by atoms with E-state index in [1.54, 1.807) is 11.1 Å². The van der Waals surface area contributed by atoms with E-state index in [9.17, 15) is 14.0 Å². The molecule has 0 spiro atoms. The third-order valence-electron chi connectivity index (χ3n) is 5.26. The van der Waals surface area contributed by atoms with Crippen molar-refractivity contribution in [1.29, 1.82) is 0 Å². The third-order valence-corrected chi connectivity index (χ3v) is 6.11. The number of nitrogens with zero attached hydrogens (tertiary/aromatic N) is 3. The van der Waals surface area contributed by atoms with Crippen LogP contribution in [0.1, 0.15) is 30.5 Å². The number of pyridine rings is 1. The molecule has 0 aliphatic carbocycles. The van der Waals surface area contributed by atoms with Crippen LogP contribution >= 0.6 is 11.3 Å². The van der Waals surface area contributed by atoms with Gasteiger partial charge in [-0.2, -0.15) is 0 Å². The molecule has 0 bridgehead atoms. The number of piperidine rings is 1. The number of hydrogen-bond donors (Lipinski definition) is 1. The Morgan fingerprint density at radius 3 is 2.97 bits per heavy atom. The van der Waals surface area contributed by atoms with Crippen LogP contribution in [0.25, 0.3) is 11.3 Å². The lowest BCUT2D eigenvalue weighted by Crippen LogP contribution is -2.52. The van der Waals surface area contributed by atoms with E-state index in [-0.39, 0.29) is 37.0 Å². The number of likely N-dealkylation sites (tertiary alicyclic amines) is 1. The molecule has 9 heteroatoms. The summed E-state index contributed by atoms with van der Waals surface area (Å²) >= 11 is 1.49. The second-order valence-electron chi connectivity index (χ2n) is 7.35. The summed E-state index contributed by atoms with van der Waals surface area (Å²) in [7, 11) is 0. The van der Waals surface area contributed by atoms with Crippen LogP contribution in [0.2, 0.25) is 0 Å². The van der Waals surface area contributed by atoms with Gasteiger partial charge < -0.3 is 15.0 Å². The Bertz CT molecular complexity index is 858. The lowest BCUT2D eigenvalue weighted by atomic mass is 9.89. The number of nitrogens with one attached hydrogen (secondary N) is 1. The van der Waals surface area contributed by atoms with E-state index in [4.69, 9.17) is 4.74 Å². The number of aryl methyl sites for hydroxylation is 1. The molecule has 0 radical (unpaired) electrons. The van der Waals surface area contributed by atoms with Crippen LogP contribution in [0.15, 0.2) is 23.7 Å². The minimum Gasteiger partial charge on any atom is -0.369 e. The average molecular weight is 435 g/mol. The molecule has 0 aromatic carbocycles. The highest BCUT2D eigenvalue weighted by atomic mass is 32.1. The van der Waals surface area contributed by atoms with Crippen LogP contribution in [0, 0.1) is 12.8 Å². The number of carbonyl (C=O) groups excluding carboxylic acids is 2.